The largest absolute Gasteiger partial charge is 0.445 e. The van der Waals surface area contributed by atoms with Gasteiger partial charge in [0.1, 0.15) is 12.6 Å². The summed E-state index contributed by atoms with van der Waals surface area (Å²) in [5.41, 5.74) is 2.66. The average molecular weight is 424 g/mol. The molecule has 1 unspecified atom stereocenters. The summed E-state index contributed by atoms with van der Waals surface area (Å²) >= 11 is 1.35. The molecule has 1 aromatic heterocycles. The molecule has 2 aromatic carbocycles. The Morgan fingerprint density at radius 1 is 1.03 bits per heavy atom. The monoisotopic (exact) mass is 423 g/mol. The number of hydrogen-bond donors (Lipinski definition) is 2. The lowest BCUT2D eigenvalue weighted by atomic mass is 10.0. The van der Waals surface area contributed by atoms with Crippen LogP contribution in [0.1, 0.15) is 25.8 Å². The first-order valence-electron chi connectivity index (χ1n) is 9.80. The Kier molecular flexibility index (Phi) is 7.57. The Hall–Kier alpha value is -3.19. The Morgan fingerprint density at radius 2 is 1.70 bits per heavy atom. The molecule has 0 aliphatic rings. The van der Waals surface area contributed by atoms with Crippen LogP contribution in [0, 0.1) is 5.92 Å². The van der Waals surface area contributed by atoms with Gasteiger partial charge < -0.3 is 15.4 Å². The fourth-order valence-electron chi connectivity index (χ4n) is 2.88. The van der Waals surface area contributed by atoms with Crippen LogP contribution in [0.15, 0.2) is 66.0 Å². The Labute approximate surface area is 180 Å². The molecule has 0 bridgehead atoms. The van der Waals surface area contributed by atoms with E-state index < -0.39 is 12.1 Å². The highest BCUT2D eigenvalue weighted by atomic mass is 32.1. The van der Waals surface area contributed by atoms with Crippen molar-refractivity contribution in [2.75, 3.05) is 5.32 Å². The number of ether oxygens (including phenoxy) is 1. The van der Waals surface area contributed by atoms with Gasteiger partial charge in [0.05, 0.1) is 5.69 Å². The van der Waals surface area contributed by atoms with Crippen molar-refractivity contribution in [3.63, 3.8) is 0 Å². The van der Waals surface area contributed by atoms with E-state index in [1.807, 2.05) is 79.9 Å². The van der Waals surface area contributed by atoms with E-state index >= 15 is 0 Å². The minimum atomic E-state index is -0.711. The molecule has 3 aromatic rings. The second kappa shape index (κ2) is 10.5. The van der Waals surface area contributed by atoms with Crippen molar-refractivity contribution in [2.24, 2.45) is 5.92 Å². The van der Waals surface area contributed by atoms with Gasteiger partial charge in [-0.15, -0.1) is 11.3 Å². The van der Waals surface area contributed by atoms with Crippen molar-refractivity contribution < 1.29 is 14.3 Å². The van der Waals surface area contributed by atoms with Gasteiger partial charge in [-0.1, -0.05) is 74.5 Å². The van der Waals surface area contributed by atoms with Crippen LogP contribution in [-0.4, -0.2) is 23.0 Å². The predicted octanol–water partition coefficient (Wildman–Crippen LogP) is 5.09. The molecule has 1 heterocycles. The normalized spacial score (nSPS) is 11.7. The lowest BCUT2D eigenvalue weighted by Gasteiger charge is -2.19. The van der Waals surface area contributed by atoms with Crippen molar-refractivity contribution in [3.05, 3.63) is 71.6 Å². The molecular formula is C23H25N3O3S. The Bertz CT molecular complexity index is 958. The number of benzene rings is 2. The van der Waals surface area contributed by atoms with E-state index in [-0.39, 0.29) is 18.4 Å². The smallest absolute Gasteiger partial charge is 0.408 e. The van der Waals surface area contributed by atoms with Gasteiger partial charge in [-0.05, 0) is 17.9 Å². The molecule has 30 heavy (non-hydrogen) atoms. The van der Waals surface area contributed by atoms with E-state index in [0.29, 0.717) is 11.6 Å². The van der Waals surface area contributed by atoms with Gasteiger partial charge in [0.25, 0.3) is 0 Å². The first-order valence-corrected chi connectivity index (χ1v) is 10.7. The van der Waals surface area contributed by atoms with E-state index in [1.165, 1.54) is 11.3 Å². The second-order valence-corrected chi connectivity index (χ2v) is 8.14. The van der Waals surface area contributed by atoms with Crippen LogP contribution in [0.2, 0.25) is 0 Å². The molecule has 3 rings (SSSR count). The first kappa shape index (κ1) is 21.5. The molecule has 0 radical (unpaired) electrons. The van der Waals surface area contributed by atoms with Crippen molar-refractivity contribution in [2.45, 2.75) is 32.9 Å². The number of hydrogen-bond acceptors (Lipinski definition) is 5. The highest BCUT2D eigenvalue weighted by Gasteiger charge is 2.23. The SMILES string of the molecule is CC(C)CC(NC(=O)OCc1ccccc1)C(=O)Nc1nc(-c2ccccc2)cs1. The molecule has 6 nitrogen and oxygen atoms in total. The average Bonchev–Trinajstić information content (AvgIpc) is 3.21. The summed E-state index contributed by atoms with van der Waals surface area (Å²) in [5.74, 6) is -0.0966. The van der Waals surface area contributed by atoms with Gasteiger partial charge in [-0.2, -0.15) is 0 Å². The lowest BCUT2D eigenvalue weighted by molar-refractivity contribution is -0.118. The van der Waals surface area contributed by atoms with Crippen molar-refractivity contribution >= 4 is 28.5 Å². The molecule has 0 fully saturated rings. The first-order chi connectivity index (χ1) is 14.5. The zero-order valence-electron chi connectivity index (χ0n) is 17.0. The maximum absolute atomic E-state index is 12.8. The molecular weight excluding hydrogens is 398 g/mol. The molecule has 156 valence electrons. The third kappa shape index (κ3) is 6.42. The number of carbonyl (C=O) groups is 2. The number of rotatable bonds is 8. The molecule has 7 heteroatoms. The number of nitrogens with zero attached hydrogens (tertiary/aromatic N) is 1. The van der Waals surface area contributed by atoms with E-state index in [0.717, 1.165) is 16.8 Å². The number of thiazole rings is 1. The highest BCUT2D eigenvalue weighted by molar-refractivity contribution is 7.14. The summed E-state index contributed by atoms with van der Waals surface area (Å²) < 4.78 is 5.26. The quantitative estimate of drug-likeness (QED) is 0.529. The van der Waals surface area contributed by atoms with Crippen LogP contribution in [0.25, 0.3) is 11.3 Å². The third-order valence-electron chi connectivity index (χ3n) is 4.33. The summed E-state index contributed by atoms with van der Waals surface area (Å²) in [6, 6.07) is 18.4. The van der Waals surface area contributed by atoms with Gasteiger partial charge >= 0.3 is 6.09 Å². The standard InChI is InChI=1S/C23H25N3O3S/c1-16(2)13-19(25-23(28)29-14-17-9-5-3-6-10-17)21(27)26-22-24-20(15-30-22)18-11-7-4-8-12-18/h3-12,15-16,19H,13-14H2,1-2H3,(H,25,28)(H,24,26,27). The fraction of sp³-hybridized carbons (Fsp3) is 0.261. The Morgan fingerprint density at radius 3 is 2.37 bits per heavy atom. The molecule has 0 saturated heterocycles. The number of aromatic nitrogens is 1. The number of amides is 2. The van der Waals surface area contributed by atoms with Crippen molar-refractivity contribution in [1.29, 1.82) is 0 Å². The maximum Gasteiger partial charge on any atom is 0.408 e. The maximum atomic E-state index is 12.8. The van der Waals surface area contributed by atoms with E-state index in [4.69, 9.17) is 4.74 Å². The summed E-state index contributed by atoms with van der Waals surface area (Å²) in [5, 5.41) is 7.88. The summed E-state index contributed by atoms with van der Waals surface area (Å²) in [6.45, 7) is 4.14. The molecule has 2 N–H and O–H groups in total. The van der Waals surface area contributed by atoms with Gasteiger partial charge in [-0.3, -0.25) is 4.79 Å². The van der Waals surface area contributed by atoms with Crippen LogP contribution < -0.4 is 10.6 Å². The molecule has 2 amide bonds. The molecule has 0 spiro atoms. The van der Waals surface area contributed by atoms with E-state index in [2.05, 4.69) is 15.6 Å². The zero-order valence-corrected chi connectivity index (χ0v) is 17.8. The van der Waals surface area contributed by atoms with Crippen LogP contribution in [0.5, 0.6) is 0 Å². The van der Waals surface area contributed by atoms with Crippen LogP contribution >= 0.6 is 11.3 Å². The number of anilines is 1. The number of carbonyl (C=O) groups excluding carboxylic acids is 2. The van der Waals surface area contributed by atoms with Crippen molar-refractivity contribution in [3.8, 4) is 11.3 Å². The van der Waals surface area contributed by atoms with Gasteiger partial charge in [0.15, 0.2) is 5.13 Å². The van der Waals surface area contributed by atoms with Crippen LogP contribution in [0.4, 0.5) is 9.93 Å². The summed E-state index contributed by atoms with van der Waals surface area (Å²) in [6.07, 6.45) is -0.132. The van der Waals surface area contributed by atoms with Gasteiger partial charge in [0.2, 0.25) is 5.91 Å². The minimum absolute atomic E-state index is 0.148. The topological polar surface area (TPSA) is 80.3 Å². The van der Waals surface area contributed by atoms with Crippen LogP contribution in [-0.2, 0) is 16.1 Å². The molecule has 0 saturated carbocycles. The van der Waals surface area contributed by atoms with Gasteiger partial charge in [-0.25, -0.2) is 9.78 Å². The second-order valence-electron chi connectivity index (χ2n) is 7.28. The minimum Gasteiger partial charge on any atom is -0.445 e. The number of nitrogens with one attached hydrogen (secondary N) is 2. The lowest BCUT2D eigenvalue weighted by Crippen LogP contribution is -2.44. The molecule has 0 aliphatic carbocycles. The van der Waals surface area contributed by atoms with E-state index in [1.54, 1.807) is 0 Å². The Balaban J connectivity index is 1.59. The predicted molar refractivity (Wildman–Crippen MR) is 119 cm³/mol. The molecule has 1 atom stereocenters. The van der Waals surface area contributed by atoms with Crippen molar-refractivity contribution in [1.82, 2.24) is 10.3 Å². The fourth-order valence-corrected chi connectivity index (χ4v) is 3.60. The zero-order chi connectivity index (χ0) is 21.3. The van der Waals surface area contributed by atoms with Crippen LogP contribution in [0.3, 0.4) is 0 Å². The molecule has 0 aliphatic heterocycles. The summed E-state index contributed by atoms with van der Waals surface area (Å²) in [4.78, 5) is 29.5. The highest BCUT2D eigenvalue weighted by Crippen LogP contribution is 2.24. The summed E-state index contributed by atoms with van der Waals surface area (Å²) in [7, 11) is 0. The van der Waals surface area contributed by atoms with E-state index in [9.17, 15) is 9.59 Å². The number of alkyl carbamates (subject to hydrolysis) is 1. The van der Waals surface area contributed by atoms with Gasteiger partial charge in [0, 0.05) is 10.9 Å². The third-order valence-corrected chi connectivity index (χ3v) is 5.09.